The van der Waals surface area contributed by atoms with E-state index in [1.807, 2.05) is 0 Å². The van der Waals surface area contributed by atoms with Gasteiger partial charge in [0.2, 0.25) is 0 Å². The average Bonchev–Trinajstić information content (AvgIpc) is 2.14. The topological polar surface area (TPSA) is 26.0 Å². The van der Waals surface area contributed by atoms with Crippen LogP contribution in [0.2, 0.25) is 0 Å². The minimum absolute atomic E-state index is 0.0914. The molecule has 1 saturated carbocycles. The summed E-state index contributed by atoms with van der Waals surface area (Å²) in [4.78, 5) is 0. The van der Waals surface area contributed by atoms with Gasteiger partial charge in [-0.05, 0) is 18.8 Å². The zero-order valence-corrected chi connectivity index (χ0v) is 8.32. The second-order valence-corrected chi connectivity index (χ2v) is 4.23. The first kappa shape index (κ1) is 11.8. The highest BCUT2D eigenvalue weighted by molar-refractivity contribution is 4.74. The second kappa shape index (κ2) is 5.01. The van der Waals surface area contributed by atoms with Crippen LogP contribution < -0.4 is 5.73 Å². The van der Waals surface area contributed by atoms with E-state index in [1.54, 1.807) is 0 Å². The van der Waals surface area contributed by atoms with E-state index in [0.29, 0.717) is 12.3 Å². The number of halogens is 3. The smallest absolute Gasteiger partial charge is 0.320 e. The Morgan fingerprint density at radius 3 is 2.21 bits per heavy atom. The Labute approximate surface area is 82.9 Å². The molecule has 1 rings (SSSR count). The van der Waals surface area contributed by atoms with Crippen molar-refractivity contribution in [2.45, 2.75) is 57.2 Å². The molecule has 14 heavy (non-hydrogen) atoms. The Hall–Kier alpha value is -0.250. The van der Waals surface area contributed by atoms with Gasteiger partial charge >= 0.3 is 6.18 Å². The summed E-state index contributed by atoms with van der Waals surface area (Å²) in [5.41, 5.74) is 5.04. The monoisotopic (exact) mass is 209 g/mol. The number of hydrogen-bond acceptors (Lipinski definition) is 1. The Morgan fingerprint density at radius 2 is 1.71 bits per heavy atom. The maximum absolute atomic E-state index is 12.1. The standard InChI is InChI=1S/C10H18F3N/c11-10(12,13)9(14)7-6-8-4-2-1-3-5-8/h8-9H,1-7,14H2. The highest BCUT2D eigenvalue weighted by atomic mass is 19.4. The Morgan fingerprint density at radius 1 is 1.14 bits per heavy atom. The minimum atomic E-state index is -4.21. The minimum Gasteiger partial charge on any atom is -0.320 e. The SMILES string of the molecule is NC(CCC1CCCCC1)C(F)(F)F. The van der Waals surface area contributed by atoms with Crippen molar-refractivity contribution >= 4 is 0 Å². The molecule has 0 aromatic carbocycles. The maximum Gasteiger partial charge on any atom is 0.403 e. The summed E-state index contributed by atoms with van der Waals surface area (Å²) in [6.07, 6.45) is 2.28. The Balaban J connectivity index is 2.19. The summed E-state index contributed by atoms with van der Waals surface area (Å²) in [5.74, 6) is 0.483. The molecule has 1 aliphatic rings. The normalized spacial score (nSPS) is 22.3. The Kier molecular flexibility index (Phi) is 4.23. The van der Waals surface area contributed by atoms with Crippen LogP contribution in [-0.4, -0.2) is 12.2 Å². The van der Waals surface area contributed by atoms with Gasteiger partial charge in [0.05, 0.1) is 0 Å². The van der Waals surface area contributed by atoms with Gasteiger partial charge < -0.3 is 5.73 Å². The molecule has 84 valence electrons. The third kappa shape index (κ3) is 3.86. The molecule has 0 saturated heterocycles. The predicted octanol–water partition coefficient (Wildman–Crippen LogP) is 3.24. The molecule has 0 aromatic rings. The summed E-state index contributed by atoms with van der Waals surface area (Å²) in [7, 11) is 0. The third-order valence-electron chi connectivity index (χ3n) is 3.03. The number of hydrogen-bond donors (Lipinski definition) is 1. The van der Waals surface area contributed by atoms with Crippen LogP contribution in [0.4, 0.5) is 13.2 Å². The molecular weight excluding hydrogens is 191 g/mol. The highest BCUT2D eigenvalue weighted by Gasteiger charge is 2.36. The second-order valence-electron chi connectivity index (χ2n) is 4.23. The number of nitrogens with two attached hydrogens (primary N) is 1. The van der Waals surface area contributed by atoms with E-state index in [-0.39, 0.29) is 6.42 Å². The van der Waals surface area contributed by atoms with E-state index < -0.39 is 12.2 Å². The lowest BCUT2D eigenvalue weighted by atomic mass is 9.85. The van der Waals surface area contributed by atoms with E-state index >= 15 is 0 Å². The number of alkyl halides is 3. The average molecular weight is 209 g/mol. The van der Waals surface area contributed by atoms with Crippen LogP contribution in [0.15, 0.2) is 0 Å². The molecule has 0 spiro atoms. The van der Waals surface area contributed by atoms with Crippen molar-refractivity contribution in [3.05, 3.63) is 0 Å². The molecule has 2 N–H and O–H groups in total. The fourth-order valence-electron chi connectivity index (χ4n) is 2.05. The molecule has 0 radical (unpaired) electrons. The van der Waals surface area contributed by atoms with Gasteiger partial charge in [0.1, 0.15) is 6.04 Å². The molecule has 1 fully saturated rings. The highest BCUT2D eigenvalue weighted by Crippen LogP contribution is 2.30. The first-order chi connectivity index (χ1) is 6.50. The van der Waals surface area contributed by atoms with E-state index in [4.69, 9.17) is 5.73 Å². The van der Waals surface area contributed by atoms with Gasteiger partial charge in [-0.3, -0.25) is 0 Å². The van der Waals surface area contributed by atoms with Gasteiger partial charge in [0, 0.05) is 0 Å². The summed E-state index contributed by atoms with van der Waals surface area (Å²) in [5, 5.41) is 0. The first-order valence-electron chi connectivity index (χ1n) is 5.32. The molecule has 1 nitrogen and oxygen atoms in total. The van der Waals surface area contributed by atoms with Crippen LogP contribution >= 0.6 is 0 Å². The van der Waals surface area contributed by atoms with Crippen LogP contribution in [0.1, 0.15) is 44.9 Å². The lowest BCUT2D eigenvalue weighted by Crippen LogP contribution is -2.37. The maximum atomic E-state index is 12.1. The summed E-state index contributed by atoms with van der Waals surface area (Å²) >= 11 is 0. The zero-order valence-electron chi connectivity index (χ0n) is 8.32. The molecule has 4 heteroatoms. The lowest BCUT2D eigenvalue weighted by Gasteiger charge is -2.23. The van der Waals surface area contributed by atoms with Crippen LogP contribution in [0.5, 0.6) is 0 Å². The molecule has 0 aliphatic heterocycles. The van der Waals surface area contributed by atoms with E-state index in [0.717, 1.165) is 12.8 Å². The van der Waals surface area contributed by atoms with E-state index in [2.05, 4.69) is 0 Å². The van der Waals surface area contributed by atoms with Crippen molar-refractivity contribution in [3.8, 4) is 0 Å². The summed E-state index contributed by atoms with van der Waals surface area (Å²) < 4.78 is 36.2. The molecular formula is C10H18F3N. The van der Waals surface area contributed by atoms with Crippen molar-refractivity contribution in [1.29, 1.82) is 0 Å². The first-order valence-corrected chi connectivity index (χ1v) is 5.32. The molecule has 0 amide bonds. The number of rotatable bonds is 3. The molecule has 1 aliphatic carbocycles. The fraction of sp³-hybridized carbons (Fsp3) is 1.00. The van der Waals surface area contributed by atoms with Crippen molar-refractivity contribution < 1.29 is 13.2 Å². The van der Waals surface area contributed by atoms with Crippen molar-refractivity contribution in [1.82, 2.24) is 0 Å². The van der Waals surface area contributed by atoms with Crippen LogP contribution in [0, 0.1) is 5.92 Å². The van der Waals surface area contributed by atoms with Gasteiger partial charge in [-0.2, -0.15) is 13.2 Å². The summed E-state index contributed by atoms with van der Waals surface area (Å²) in [6, 6.07) is -1.62. The van der Waals surface area contributed by atoms with Crippen molar-refractivity contribution in [2.24, 2.45) is 11.7 Å². The van der Waals surface area contributed by atoms with Crippen molar-refractivity contribution in [2.75, 3.05) is 0 Å². The van der Waals surface area contributed by atoms with Gasteiger partial charge in [0.15, 0.2) is 0 Å². The van der Waals surface area contributed by atoms with Gasteiger partial charge in [-0.1, -0.05) is 32.1 Å². The summed E-state index contributed by atoms with van der Waals surface area (Å²) in [6.45, 7) is 0. The molecule has 1 atom stereocenters. The van der Waals surface area contributed by atoms with Gasteiger partial charge in [0.25, 0.3) is 0 Å². The lowest BCUT2D eigenvalue weighted by molar-refractivity contribution is -0.149. The van der Waals surface area contributed by atoms with Gasteiger partial charge in [-0.15, -0.1) is 0 Å². The fourth-order valence-corrected chi connectivity index (χ4v) is 2.05. The Bertz CT molecular complexity index is 161. The van der Waals surface area contributed by atoms with Crippen LogP contribution in [0.25, 0.3) is 0 Å². The van der Waals surface area contributed by atoms with E-state index in [9.17, 15) is 13.2 Å². The largest absolute Gasteiger partial charge is 0.403 e. The molecule has 0 bridgehead atoms. The molecule has 0 heterocycles. The van der Waals surface area contributed by atoms with Crippen molar-refractivity contribution in [3.63, 3.8) is 0 Å². The molecule has 1 unspecified atom stereocenters. The van der Waals surface area contributed by atoms with Crippen LogP contribution in [-0.2, 0) is 0 Å². The quantitative estimate of drug-likeness (QED) is 0.758. The predicted molar refractivity (Wildman–Crippen MR) is 49.8 cm³/mol. The zero-order chi connectivity index (χ0) is 10.6. The van der Waals surface area contributed by atoms with Gasteiger partial charge in [-0.25, -0.2) is 0 Å². The van der Waals surface area contributed by atoms with Crippen LogP contribution in [0.3, 0.4) is 0 Å². The third-order valence-corrected chi connectivity index (χ3v) is 3.03. The van der Waals surface area contributed by atoms with E-state index in [1.165, 1.54) is 19.3 Å². The molecule has 0 aromatic heterocycles.